The number of anilines is 6. The van der Waals surface area contributed by atoms with Crippen molar-refractivity contribution in [2.24, 2.45) is 0 Å². The van der Waals surface area contributed by atoms with Gasteiger partial charge in [-0.1, -0.05) is 96.7 Å². The minimum atomic E-state index is 1.13. The van der Waals surface area contributed by atoms with E-state index in [4.69, 9.17) is 0 Å². The SMILES string of the molecule is c1ccc(N(c2ccccc2)c2cccc(-c3ccc4c(c3)N(c3ccccc3)c3ccccc3S4)c2)cc1. The first kappa shape index (κ1) is 23.4. The molecule has 7 rings (SSSR count). The normalized spacial score (nSPS) is 11.9. The second-order valence-corrected chi connectivity index (χ2v) is 10.6. The molecule has 0 aromatic heterocycles. The lowest BCUT2D eigenvalue weighted by molar-refractivity contribution is 1.17. The molecule has 0 saturated carbocycles. The van der Waals surface area contributed by atoms with E-state index in [0.29, 0.717) is 0 Å². The van der Waals surface area contributed by atoms with Gasteiger partial charge in [0.25, 0.3) is 0 Å². The van der Waals surface area contributed by atoms with E-state index in [2.05, 4.69) is 168 Å². The zero-order valence-electron chi connectivity index (χ0n) is 21.3. The Hall–Kier alpha value is -4.73. The van der Waals surface area contributed by atoms with Crippen LogP contribution >= 0.6 is 11.8 Å². The summed E-state index contributed by atoms with van der Waals surface area (Å²) in [4.78, 5) is 7.22. The molecule has 0 aliphatic carbocycles. The lowest BCUT2D eigenvalue weighted by atomic mass is 10.0. The molecule has 3 heteroatoms. The smallest absolute Gasteiger partial charge is 0.0607 e. The van der Waals surface area contributed by atoms with Crippen LogP contribution in [0.4, 0.5) is 34.1 Å². The van der Waals surface area contributed by atoms with Gasteiger partial charge < -0.3 is 9.80 Å². The summed E-state index contributed by atoms with van der Waals surface area (Å²) in [6.07, 6.45) is 0. The van der Waals surface area contributed by atoms with Gasteiger partial charge in [0.2, 0.25) is 0 Å². The minimum absolute atomic E-state index is 1.13. The molecular formula is C36H26N2S. The number of rotatable bonds is 5. The molecule has 2 nitrogen and oxygen atoms in total. The Bertz CT molecular complexity index is 1690. The van der Waals surface area contributed by atoms with Gasteiger partial charge in [-0.25, -0.2) is 0 Å². The third-order valence-electron chi connectivity index (χ3n) is 7.01. The van der Waals surface area contributed by atoms with Gasteiger partial charge in [0.05, 0.1) is 11.4 Å². The van der Waals surface area contributed by atoms with Gasteiger partial charge in [-0.05, 0) is 83.9 Å². The van der Waals surface area contributed by atoms with Crippen molar-refractivity contribution >= 4 is 45.9 Å². The molecule has 0 unspecified atom stereocenters. The number of nitrogens with zero attached hydrogens (tertiary/aromatic N) is 2. The fourth-order valence-electron chi connectivity index (χ4n) is 5.22. The largest absolute Gasteiger partial charge is 0.310 e. The highest BCUT2D eigenvalue weighted by molar-refractivity contribution is 7.99. The first-order valence-corrected chi connectivity index (χ1v) is 13.9. The van der Waals surface area contributed by atoms with Crippen LogP contribution in [0.5, 0.6) is 0 Å². The molecule has 186 valence electrons. The lowest BCUT2D eigenvalue weighted by Crippen LogP contribution is -2.14. The summed E-state index contributed by atoms with van der Waals surface area (Å²) in [6.45, 7) is 0. The van der Waals surface area contributed by atoms with E-state index in [0.717, 1.165) is 22.7 Å². The monoisotopic (exact) mass is 518 g/mol. The molecule has 0 bridgehead atoms. The zero-order valence-corrected chi connectivity index (χ0v) is 22.1. The van der Waals surface area contributed by atoms with E-state index in [-0.39, 0.29) is 0 Å². The Morgan fingerprint density at radius 3 is 1.69 bits per heavy atom. The minimum Gasteiger partial charge on any atom is -0.310 e. The summed E-state index contributed by atoms with van der Waals surface area (Å²) in [5.41, 5.74) is 9.35. The van der Waals surface area contributed by atoms with Gasteiger partial charge in [0.15, 0.2) is 0 Å². The predicted molar refractivity (Wildman–Crippen MR) is 165 cm³/mol. The standard InChI is InChI=1S/C36H26N2S/c1-4-14-29(15-5-1)37(30-16-6-2-7-17-30)32-20-12-13-27(25-32)28-23-24-36-34(26-28)38(31-18-8-3-9-19-31)33-21-10-11-22-35(33)39-36/h1-26H. The summed E-state index contributed by atoms with van der Waals surface area (Å²) in [6, 6.07) is 56.1. The number of hydrogen-bond acceptors (Lipinski definition) is 3. The molecule has 0 amide bonds. The second-order valence-electron chi connectivity index (χ2n) is 9.48. The van der Waals surface area contributed by atoms with Crippen LogP contribution in [0, 0.1) is 0 Å². The van der Waals surface area contributed by atoms with Crippen LogP contribution in [0.3, 0.4) is 0 Å². The van der Waals surface area contributed by atoms with Crippen LogP contribution < -0.4 is 9.80 Å². The predicted octanol–water partition coefficient (Wildman–Crippen LogP) is 10.8. The van der Waals surface area contributed by atoms with Gasteiger partial charge >= 0.3 is 0 Å². The van der Waals surface area contributed by atoms with Crippen LogP contribution in [0.1, 0.15) is 0 Å². The van der Waals surface area contributed by atoms with E-state index in [9.17, 15) is 0 Å². The Morgan fingerprint density at radius 1 is 0.410 bits per heavy atom. The lowest BCUT2D eigenvalue weighted by Gasteiger charge is -2.33. The first-order chi connectivity index (χ1) is 19.3. The number of para-hydroxylation sites is 4. The van der Waals surface area contributed by atoms with E-state index in [1.54, 1.807) is 0 Å². The van der Waals surface area contributed by atoms with Crippen molar-refractivity contribution in [2.45, 2.75) is 9.79 Å². The number of benzene rings is 6. The molecule has 0 saturated heterocycles. The van der Waals surface area contributed by atoms with Gasteiger partial charge in [-0.15, -0.1) is 0 Å². The summed E-state index contributed by atoms with van der Waals surface area (Å²) in [7, 11) is 0. The van der Waals surface area contributed by atoms with Crippen molar-refractivity contribution in [3.63, 3.8) is 0 Å². The third kappa shape index (κ3) is 4.47. The molecule has 0 atom stereocenters. The average molecular weight is 519 g/mol. The third-order valence-corrected chi connectivity index (χ3v) is 8.14. The maximum Gasteiger partial charge on any atom is 0.0607 e. The van der Waals surface area contributed by atoms with Crippen LogP contribution in [0.2, 0.25) is 0 Å². The van der Waals surface area contributed by atoms with Crippen LogP contribution in [-0.2, 0) is 0 Å². The quantitative estimate of drug-likeness (QED) is 0.224. The van der Waals surface area contributed by atoms with E-state index >= 15 is 0 Å². The Kier molecular flexibility index (Phi) is 6.12. The second kappa shape index (κ2) is 10.2. The van der Waals surface area contributed by atoms with Gasteiger partial charge in [-0.2, -0.15) is 0 Å². The summed E-state index contributed by atoms with van der Waals surface area (Å²) in [5.74, 6) is 0. The fourth-order valence-corrected chi connectivity index (χ4v) is 6.25. The molecular weight excluding hydrogens is 492 g/mol. The molecule has 0 N–H and O–H groups in total. The van der Waals surface area contributed by atoms with Crippen molar-refractivity contribution in [1.82, 2.24) is 0 Å². The highest BCUT2D eigenvalue weighted by atomic mass is 32.2. The first-order valence-electron chi connectivity index (χ1n) is 13.1. The van der Waals surface area contributed by atoms with Crippen molar-refractivity contribution in [2.75, 3.05) is 9.80 Å². The summed E-state index contributed by atoms with van der Waals surface area (Å²) < 4.78 is 0. The summed E-state index contributed by atoms with van der Waals surface area (Å²) in [5, 5.41) is 0. The Balaban J connectivity index is 1.34. The molecule has 0 fully saturated rings. The van der Waals surface area contributed by atoms with Gasteiger partial charge in [0.1, 0.15) is 0 Å². The van der Waals surface area contributed by atoms with Crippen molar-refractivity contribution in [1.29, 1.82) is 0 Å². The van der Waals surface area contributed by atoms with E-state index in [1.165, 1.54) is 32.3 Å². The van der Waals surface area contributed by atoms with Gasteiger partial charge in [0, 0.05) is 32.5 Å². The maximum atomic E-state index is 2.38. The van der Waals surface area contributed by atoms with Crippen molar-refractivity contribution in [3.05, 3.63) is 158 Å². The number of fused-ring (bicyclic) bond motifs is 2. The highest BCUT2D eigenvalue weighted by Crippen LogP contribution is 2.52. The average Bonchev–Trinajstić information content (AvgIpc) is 3.01. The van der Waals surface area contributed by atoms with Crippen molar-refractivity contribution in [3.8, 4) is 11.1 Å². The maximum absolute atomic E-state index is 2.38. The molecule has 1 aliphatic heterocycles. The zero-order chi connectivity index (χ0) is 26.0. The molecule has 1 aliphatic rings. The number of hydrogen-bond donors (Lipinski definition) is 0. The Morgan fingerprint density at radius 2 is 0.974 bits per heavy atom. The van der Waals surface area contributed by atoms with Gasteiger partial charge in [-0.3, -0.25) is 0 Å². The molecule has 0 spiro atoms. The fraction of sp³-hybridized carbons (Fsp3) is 0. The molecule has 6 aromatic carbocycles. The molecule has 1 heterocycles. The topological polar surface area (TPSA) is 6.48 Å². The Labute approximate surface area is 233 Å². The highest BCUT2D eigenvalue weighted by Gasteiger charge is 2.25. The van der Waals surface area contributed by atoms with Crippen LogP contribution in [0.25, 0.3) is 11.1 Å². The van der Waals surface area contributed by atoms with Crippen LogP contribution in [-0.4, -0.2) is 0 Å². The molecule has 39 heavy (non-hydrogen) atoms. The van der Waals surface area contributed by atoms with Crippen LogP contribution in [0.15, 0.2) is 168 Å². The summed E-state index contributed by atoms with van der Waals surface area (Å²) >= 11 is 1.84. The van der Waals surface area contributed by atoms with Crippen molar-refractivity contribution < 1.29 is 0 Å². The van der Waals surface area contributed by atoms with E-state index in [1.807, 2.05) is 11.8 Å². The molecule has 0 radical (unpaired) electrons. The van der Waals surface area contributed by atoms with E-state index < -0.39 is 0 Å². The molecule has 6 aromatic rings.